The molecular weight excluding hydrogens is 258 g/mol. The Hall–Kier alpha value is -1.30. The normalized spacial score (nSPS) is 20.7. The van der Waals surface area contributed by atoms with E-state index in [9.17, 15) is 9.59 Å². The number of amides is 2. The molecule has 2 aliphatic rings. The molecule has 1 saturated heterocycles. The highest BCUT2D eigenvalue weighted by atomic mass is 16.6. The molecule has 1 heterocycles. The van der Waals surface area contributed by atoms with Crippen LogP contribution in [-0.4, -0.2) is 60.6 Å². The quantitative estimate of drug-likeness (QED) is 0.757. The molecular formula is C14H25N3O3. The van der Waals surface area contributed by atoms with Crippen molar-refractivity contribution in [3.8, 4) is 0 Å². The molecule has 0 spiro atoms. The van der Waals surface area contributed by atoms with Gasteiger partial charge in [0.1, 0.15) is 0 Å². The number of unbranched alkanes of at least 4 members (excludes halogenated alkanes) is 1. The van der Waals surface area contributed by atoms with Crippen molar-refractivity contribution >= 4 is 12.0 Å². The van der Waals surface area contributed by atoms with Crippen LogP contribution in [-0.2, 0) is 9.53 Å². The van der Waals surface area contributed by atoms with Gasteiger partial charge in [-0.1, -0.05) is 13.3 Å². The van der Waals surface area contributed by atoms with Crippen molar-refractivity contribution in [1.82, 2.24) is 9.80 Å². The van der Waals surface area contributed by atoms with Crippen LogP contribution in [0.25, 0.3) is 0 Å². The molecule has 1 saturated carbocycles. The Bertz CT molecular complexity index is 350. The molecule has 1 unspecified atom stereocenters. The molecule has 0 aromatic rings. The summed E-state index contributed by atoms with van der Waals surface area (Å²) < 4.78 is 5.17. The topological polar surface area (TPSA) is 75.9 Å². The zero-order valence-electron chi connectivity index (χ0n) is 12.2. The minimum atomic E-state index is -0.349. The second-order valence-corrected chi connectivity index (χ2v) is 5.64. The van der Waals surface area contributed by atoms with Gasteiger partial charge in [0.05, 0.1) is 12.6 Å². The molecule has 1 aliphatic heterocycles. The Labute approximate surface area is 120 Å². The van der Waals surface area contributed by atoms with Crippen molar-refractivity contribution in [3.63, 3.8) is 0 Å². The first kappa shape index (κ1) is 15.1. The number of carbonyl (C=O) groups excluding carboxylic acids is 2. The zero-order valence-corrected chi connectivity index (χ0v) is 12.2. The van der Waals surface area contributed by atoms with Gasteiger partial charge in [-0.15, -0.1) is 0 Å². The van der Waals surface area contributed by atoms with Crippen molar-refractivity contribution in [2.45, 2.75) is 38.6 Å². The SMILES string of the molecule is CCCCOC(=O)N1CCN(C(=O)C(N)C2CC2)CC1. The van der Waals surface area contributed by atoms with E-state index >= 15 is 0 Å². The van der Waals surface area contributed by atoms with E-state index in [4.69, 9.17) is 10.5 Å². The monoisotopic (exact) mass is 283 g/mol. The minimum Gasteiger partial charge on any atom is -0.449 e. The zero-order chi connectivity index (χ0) is 14.5. The number of nitrogens with zero attached hydrogens (tertiary/aromatic N) is 2. The van der Waals surface area contributed by atoms with Gasteiger partial charge in [0.15, 0.2) is 0 Å². The van der Waals surface area contributed by atoms with Crippen molar-refractivity contribution in [1.29, 1.82) is 0 Å². The van der Waals surface area contributed by atoms with Gasteiger partial charge < -0.3 is 20.3 Å². The summed E-state index contributed by atoms with van der Waals surface area (Å²) in [7, 11) is 0. The first-order chi connectivity index (χ1) is 9.63. The predicted octanol–water partition coefficient (Wildman–Crippen LogP) is 0.805. The third-order valence-electron chi connectivity index (χ3n) is 3.99. The molecule has 114 valence electrons. The van der Waals surface area contributed by atoms with E-state index in [1.54, 1.807) is 9.80 Å². The second-order valence-electron chi connectivity index (χ2n) is 5.64. The van der Waals surface area contributed by atoms with Crippen molar-refractivity contribution in [2.24, 2.45) is 11.7 Å². The molecule has 20 heavy (non-hydrogen) atoms. The predicted molar refractivity (Wildman–Crippen MR) is 75.1 cm³/mol. The summed E-state index contributed by atoms with van der Waals surface area (Å²) in [6.07, 6.45) is 3.76. The molecule has 0 bridgehead atoms. The van der Waals surface area contributed by atoms with Gasteiger partial charge in [0, 0.05) is 26.2 Å². The van der Waals surface area contributed by atoms with Crippen LogP contribution in [0.3, 0.4) is 0 Å². The van der Waals surface area contributed by atoms with E-state index in [1.165, 1.54) is 0 Å². The third-order valence-corrected chi connectivity index (χ3v) is 3.99. The van der Waals surface area contributed by atoms with Crippen molar-refractivity contribution < 1.29 is 14.3 Å². The van der Waals surface area contributed by atoms with Crippen LogP contribution in [0.1, 0.15) is 32.6 Å². The highest BCUT2D eigenvalue weighted by Gasteiger charge is 2.36. The van der Waals surface area contributed by atoms with Crippen LogP contribution in [0.2, 0.25) is 0 Å². The summed E-state index contributed by atoms with van der Waals surface area (Å²) in [6, 6.07) is -0.349. The number of rotatable bonds is 5. The lowest BCUT2D eigenvalue weighted by Gasteiger charge is -2.35. The first-order valence-corrected chi connectivity index (χ1v) is 7.59. The summed E-state index contributed by atoms with van der Waals surface area (Å²) in [6.45, 7) is 4.72. The van der Waals surface area contributed by atoms with E-state index in [1.807, 2.05) is 0 Å². The Morgan fingerprint density at radius 3 is 2.35 bits per heavy atom. The summed E-state index contributed by atoms with van der Waals surface area (Å²) in [5, 5.41) is 0. The maximum absolute atomic E-state index is 12.1. The summed E-state index contributed by atoms with van der Waals surface area (Å²) >= 11 is 0. The molecule has 2 N–H and O–H groups in total. The number of hydrogen-bond donors (Lipinski definition) is 1. The number of hydrogen-bond acceptors (Lipinski definition) is 4. The second kappa shape index (κ2) is 6.92. The lowest BCUT2D eigenvalue weighted by Crippen LogP contribution is -2.54. The number of nitrogens with two attached hydrogens (primary N) is 1. The first-order valence-electron chi connectivity index (χ1n) is 7.59. The highest BCUT2D eigenvalue weighted by molar-refractivity contribution is 5.82. The molecule has 2 fully saturated rings. The van der Waals surface area contributed by atoms with E-state index in [2.05, 4.69) is 6.92 Å². The van der Waals surface area contributed by atoms with Crippen LogP contribution in [0.5, 0.6) is 0 Å². The van der Waals surface area contributed by atoms with Crippen molar-refractivity contribution in [3.05, 3.63) is 0 Å². The summed E-state index contributed by atoms with van der Waals surface area (Å²) in [5.74, 6) is 0.408. The summed E-state index contributed by atoms with van der Waals surface area (Å²) in [5.41, 5.74) is 5.93. The Balaban J connectivity index is 1.71. The van der Waals surface area contributed by atoms with Gasteiger partial charge >= 0.3 is 6.09 Å². The molecule has 0 aromatic heterocycles. The highest BCUT2D eigenvalue weighted by Crippen LogP contribution is 2.32. The van der Waals surface area contributed by atoms with E-state index in [0.717, 1.165) is 25.7 Å². The fourth-order valence-corrected chi connectivity index (χ4v) is 2.37. The molecule has 0 radical (unpaired) electrons. The maximum atomic E-state index is 12.1. The van der Waals surface area contributed by atoms with Crippen LogP contribution >= 0.6 is 0 Å². The Kier molecular flexibility index (Phi) is 5.23. The fraction of sp³-hybridized carbons (Fsp3) is 0.857. The molecule has 2 amide bonds. The smallest absolute Gasteiger partial charge is 0.409 e. The number of carbonyl (C=O) groups is 2. The van der Waals surface area contributed by atoms with Crippen LogP contribution < -0.4 is 5.73 Å². The largest absolute Gasteiger partial charge is 0.449 e. The lowest BCUT2D eigenvalue weighted by molar-refractivity contribution is -0.134. The molecule has 1 aliphatic carbocycles. The van der Waals surface area contributed by atoms with Gasteiger partial charge in [-0.05, 0) is 25.2 Å². The fourth-order valence-electron chi connectivity index (χ4n) is 2.37. The number of piperazine rings is 1. The van der Waals surface area contributed by atoms with Gasteiger partial charge in [-0.2, -0.15) is 0 Å². The molecule has 0 aromatic carbocycles. The van der Waals surface area contributed by atoms with E-state index in [-0.39, 0.29) is 18.0 Å². The molecule has 1 atom stereocenters. The average molecular weight is 283 g/mol. The lowest BCUT2D eigenvalue weighted by atomic mass is 10.1. The molecule has 6 nitrogen and oxygen atoms in total. The standard InChI is InChI=1S/C14H25N3O3/c1-2-3-10-20-14(19)17-8-6-16(7-9-17)13(18)12(15)11-4-5-11/h11-12H,2-10,15H2,1H3. The Morgan fingerprint density at radius 1 is 1.20 bits per heavy atom. The molecule has 2 rings (SSSR count). The van der Waals surface area contributed by atoms with Gasteiger partial charge in [0.25, 0.3) is 0 Å². The molecule has 6 heteroatoms. The minimum absolute atomic E-state index is 0.0338. The van der Waals surface area contributed by atoms with Crippen LogP contribution in [0, 0.1) is 5.92 Å². The average Bonchev–Trinajstić information content (AvgIpc) is 3.30. The Morgan fingerprint density at radius 2 is 1.80 bits per heavy atom. The van der Waals surface area contributed by atoms with Crippen LogP contribution in [0.15, 0.2) is 0 Å². The van der Waals surface area contributed by atoms with Crippen molar-refractivity contribution in [2.75, 3.05) is 32.8 Å². The maximum Gasteiger partial charge on any atom is 0.409 e. The summed E-state index contributed by atoms with van der Waals surface area (Å²) in [4.78, 5) is 27.4. The van der Waals surface area contributed by atoms with E-state index in [0.29, 0.717) is 38.7 Å². The van der Waals surface area contributed by atoms with E-state index < -0.39 is 0 Å². The van der Waals surface area contributed by atoms with Gasteiger partial charge in [-0.3, -0.25) is 4.79 Å². The van der Waals surface area contributed by atoms with Gasteiger partial charge in [0.2, 0.25) is 5.91 Å². The van der Waals surface area contributed by atoms with Gasteiger partial charge in [-0.25, -0.2) is 4.79 Å². The van der Waals surface area contributed by atoms with Crippen LogP contribution in [0.4, 0.5) is 4.79 Å². The number of ether oxygens (including phenoxy) is 1. The third kappa shape index (κ3) is 3.85.